The summed E-state index contributed by atoms with van der Waals surface area (Å²) in [7, 11) is 1.68. The lowest BCUT2D eigenvalue weighted by Crippen LogP contribution is -2.07. The third-order valence-electron chi connectivity index (χ3n) is 2.48. The molecule has 0 aromatic carbocycles. The number of aryl methyl sites for hydroxylation is 1. The monoisotopic (exact) mass is 253 g/mol. The second kappa shape index (κ2) is 4.99. The van der Waals surface area contributed by atoms with Gasteiger partial charge < -0.3 is 10.5 Å². The predicted molar refractivity (Wildman–Crippen MR) is 70.6 cm³/mol. The molecule has 0 aliphatic rings. The Morgan fingerprint density at radius 3 is 2.75 bits per heavy atom. The van der Waals surface area contributed by atoms with E-state index < -0.39 is 0 Å². The third-order valence-corrected chi connectivity index (χ3v) is 4.78. The van der Waals surface area contributed by atoms with Crippen LogP contribution in [-0.2, 0) is 6.42 Å². The molecule has 2 heterocycles. The Bertz CT molecular complexity index is 419. The minimum atomic E-state index is -0.0146. The lowest BCUT2D eigenvalue weighted by atomic mass is 10.2. The Hall–Kier alpha value is -0.840. The number of nitrogens with two attached hydrogens (primary N) is 1. The SMILES string of the molecule is CCc1ccc(C(N)c2cc(OC)cs2)s1. The van der Waals surface area contributed by atoms with Gasteiger partial charge in [-0.05, 0) is 24.6 Å². The summed E-state index contributed by atoms with van der Waals surface area (Å²) in [5.74, 6) is 0.891. The van der Waals surface area contributed by atoms with E-state index in [0.29, 0.717) is 0 Å². The molecule has 2 rings (SSSR count). The van der Waals surface area contributed by atoms with Crippen LogP contribution in [0.4, 0.5) is 0 Å². The van der Waals surface area contributed by atoms with Crippen molar-refractivity contribution in [2.45, 2.75) is 19.4 Å². The highest BCUT2D eigenvalue weighted by atomic mass is 32.1. The molecule has 0 aliphatic heterocycles. The van der Waals surface area contributed by atoms with Gasteiger partial charge in [0.2, 0.25) is 0 Å². The summed E-state index contributed by atoms with van der Waals surface area (Å²) in [6, 6.07) is 6.28. The zero-order chi connectivity index (χ0) is 11.5. The summed E-state index contributed by atoms with van der Waals surface area (Å²) < 4.78 is 5.17. The minimum Gasteiger partial charge on any atom is -0.496 e. The number of hydrogen-bond donors (Lipinski definition) is 1. The van der Waals surface area contributed by atoms with Crippen molar-refractivity contribution in [3.8, 4) is 5.75 Å². The summed E-state index contributed by atoms with van der Waals surface area (Å²) >= 11 is 3.44. The van der Waals surface area contributed by atoms with Gasteiger partial charge in [-0.1, -0.05) is 6.92 Å². The van der Waals surface area contributed by atoms with Crippen molar-refractivity contribution < 1.29 is 4.74 Å². The fourth-order valence-electron chi connectivity index (χ4n) is 1.50. The molecule has 16 heavy (non-hydrogen) atoms. The number of thiophene rings is 2. The molecule has 0 radical (unpaired) electrons. The van der Waals surface area contributed by atoms with Gasteiger partial charge in [-0.2, -0.15) is 0 Å². The second-order valence-corrected chi connectivity index (χ2v) is 5.67. The molecule has 2 nitrogen and oxygen atoms in total. The summed E-state index contributed by atoms with van der Waals surface area (Å²) in [4.78, 5) is 3.76. The molecule has 0 saturated heterocycles. The topological polar surface area (TPSA) is 35.2 Å². The Morgan fingerprint density at radius 2 is 2.19 bits per heavy atom. The highest BCUT2D eigenvalue weighted by molar-refractivity contribution is 7.13. The van der Waals surface area contributed by atoms with Crippen LogP contribution in [-0.4, -0.2) is 7.11 Å². The van der Waals surface area contributed by atoms with Crippen LogP contribution in [0.5, 0.6) is 5.75 Å². The molecule has 1 atom stereocenters. The van der Waals surface area contributed by atoms with Gasteiger partial charge in [0.1, 0.15) is 5.75 Å². The molecule has 0 saturated carbocycles. The van der Waals surface area contributed by atoms with Crippen LogP contribution in [0.1, 0.15) is 27.6 Å². The highest BCUT2D eigenvalue weighted by Gasteiger charge is 2.13. The molecule has 0 bridgehead atoms. The van der Waals surface area contributed by atoms with Crippen LogP contribution in [0.3, 0.4) is 0 Å². The first kappa shape index (κ1) is 11.6. The van der Waals surface area contributed by atoms with E-state index in [9.17, 15) is 0 Å². The fourth-order valence-corrected chi connectivity index (χ4v) is 3.42. The van der Waals surface area contributed by atoms with Gasteiger partial charge in [-0.3, -0.25) is 0 Å². The van der Waals surface area contributed by atoms with E-state index >= 15 is 0 Å². The van der Waals surface area contributed by atoms with Crippen molar-refractivity contribution in [3.05, 3.63) is 38.2 Å². The molecule has 4 heteroatoms. The van der Waals surface area contributed by atoms with E-state index in [1.54, 1.807) is 29.8 Å². The lowest BCUT2D eigenvalue weighted by molar-refractivity contribution is 0.416. The molecular formula is C12H15NOS2. The second-order valence-electron chi connectivity index (χ2n) is 3.52. The van der Waals surface area contributed by atoms with Crippen molar-refractivity contribution in [1.29, 1.82) is 0 Å². The molecule has 2 N–H and O–H groups in total. The van der Waals surface area contributed by atoms with E-state index in [4.69, 9.17) is 10.5 Å². The number of ether oxygens (including phenoxy) is 1. The normalized spacial score (nSPS) is 12.7. The van der Waals surface area contributed by atoms with E-state index in [0.717, 1.165) is 17.0 Å². The average Bonchev–Trinajstić information content (AvgIpc) is 2.97. The lowest BCUT2D eigenvalue weighted by Gasteiger charge is -2.05. The highest BCUT2D eigenvalue weighted by Crippen LogP contribution is 2.32. The molecule has 0 fully saturated rings. The van der Waals surface area contributed by atoms with E-state index in [1.165, 1.54) is 9.75 Å². The van der Waals surface area contributed by atoms with E-state index in [-0.39, 0.29) is 6.04 Å². The molecule has 0 amide bonds. The quantitative estimate of drug-likeness (QED) is 0.906. The third kappa shape index (κ3) is 2.29. The van der Waals surface area contributed by atoms with E-state index in [1.807, 2.05) is 11.4 Å². The summed E-state index contributed by atoms with van der Waals surface area (Å²) in [6.07, 6.45) is 1.07. The van der Waals surface area contributed by atoms with Gasteiger partial charge in [0.25, 0.3) is 0 Å². The fraction of sp³-hybridized carbons (Fsp3) is 0.333. The Morgan fingerprint density at radius 1 is 1.38 bits per heavy atom. The zero-order valence-electron chi connectivity index (χ0n) is 9.40. The summed E-state index contributed by atoms with van der Waals surface area (Å²) in [5, 5.41) is 1.99. The zero-order valence-corrected chi connectivity index (χ0v) is 11.0. The van der Waals surface area contributed by atoms with Gasteiger partial charge in [-0.15, -0.1) is 22.7 Å². The number of rotatable bonds is 4. The van der Waals surface area contributed by atoms with Gasteiger partial charge in [0.05, 0.1) is 13.2 Å². The maximum Gasteiger partial charge on any atom is 0.129 e. The molecule has 0 aliphatic carbocycles. The first-order valence-electron chi connectivity index (χ1n) is 5.21. The van der Waals surface area contributed by atoms with E-state index in [2.05, 4.69) is 19.1 Å². The largest absolute Gasteiger partial charge is 0.496 e. The summed E-state index contributed by atoms with van der Waals surface area (Å²) in [6.45, 7) is 2.16. The Labute approximate surface area is 104 Å². The number of hydrogen-bond acceptors (Lipinski definition) is 4. The number of methoxy groups -OCH3 is 1. The molecule has 0 spiro atoms. The Balaban J connectivity index is 2.20. The van der Waals surface area contributed by atoms with Crippen molar-refractivity contribution >= 4 is 22.7 Å². The Kier molecular flexibility index (Phi) is 3.63. The molecular weight excluding hydrogens is 238 g/mol. The van der Waals surface area contributed by atoms with Crippen LogP contribution >= 0.6 is 22.7 Å². The van der Waals surface area contributed by atoms with Crippen molar-refractivity contribution in [2.24, 2.45) is 5.73 Å². The predicted octanol–water partition coefficient (Wildman–Crippen LogP) is 3.43. The van der Waals surface area contributed by atoms with Crippen molar-refractivity contribution in [2.75, 3.05) is 7.11 Å². The van der Waals surface area contributed by atoms with Gasteiger partial charge in [0, 0.05) is 20.0 Å². The van der Waals surface area contributed by atoms with Gasteiger partial charge in [0.15, 0.2) is 0 Å². The molecule has 2 aromatic rings. The maximum absolute atomic E-state index is 6.22. The van der Waals surface area contributed by atoms with Crippen LogP contribution in [0.15, 0.2) is 23.6 Å². The first-order valence-corrected chi connectivity index (χ1v) is 6.90. The van der Waals surface area contributed by atoms with Gasteiger partial charge in [-0.25, -0.2) is 0 Å². The standard InChI is InChI=1S/C12H15NOS2/c1-3-9-4-5-10(16-9)12(13)11-6-8(14-2)7-15-11/h4-7,12H,3,13H2,1-2H3. The van der Waals surface area contributed by atoms with Crippen molar-refractivity contribution in [1.82, 2.24) is 0 Å². The maximum atomic E-state index is 6.22. The summed E-state index contributed by atoms with van der Waals surface area (Å²) in [5.41, 5.74) is 6.22. The first-order chi connectivity index (χ1) is 7.74. The molecule has 2 aromatic heterocycles. The van der Waals surface area contributed by atoms with Gasteiger partial charge >= 0.3 is 0 Å². The molecule has 86 valence electrons. The van der Waals surface area contributed by atoms with Crippen LogP contribution in [0, 0.1) is 0 Å². The van der Waals surface area contributed by atoms with Crippen LogP contribution < -0.4 is 10.5 Å². The van der Waals surface area contributed by atoms with Crippen molar-refractivity contribution in [3.63, 3.8) is 0 Å². The smallest absolute Gasteiger partial charge is 0.129 e. The minimum absolute atomic E-state index is 0.0146. The average molecular weight is 253 g/mol. The van der Waals surface area contributed by atoms with Crippen LogP contribution in [0.2, 0.25) is 0 Å². The molecule has 1 unspecified atom stereocenters. The van der Waals surface area contributed by atoms with Crippen LogP contribution in [0.25, 0.3) is 0 Å².